The monoisotopic (exact) mass is 451 g/mol. The number of oxazole rings is 1. The lowest BCUT2D eigenvalue weighted by atomic mass is 10.0. The van der Waals surface area contributed by atoms with Crippen molar-refractivity contribution in [1.29, 1.82) is 0 Å². The number of rotatable bonds is 8. The molecule has 0 N–H and O–H groups in total. The number of piperidine rings is 1. The minimum Gasteiger partial charge on any atom is -0.496 e. The number of benzene rings is 2. The van der Waals surface area contributed by atoms with Gasteiger partial charge in [-0.3, -0.25) is 9.69 Å². The van der Waals surface area contributed by atoms with E-state index in [1.54, 1.807) is 31.5 Å². The molecule has 1 aliphatic heterocycles. The Morgan fingerprint density at radius 2 is 1.94 bits per heavy atom. The molecule has 1 saturated heterocycles. The van der Waals surface area contributed by atoms with E-state index in [-0.39, 0.29) is 24.3 Å². The van der Waals surface area contributed by atoms with Gasteiger partial charge in [0.05, 0.1) is 19.9 Å². The summed E-state index contributed by atoms with van der Waals surface area (Å²) < 4.78 is 25.5. The first-order valence-electron chi connectivity index (χ1n) is 11.3. The standard InChI is InChI=1S/C26H30FN3O3/c1-29(17-20-10-3-5-11-22(20)27)18-25(31)30-14-8-7-12-23(30)26-28-16-21(33-26)15-19-9-4-6-13-24(19)32-2/h3-6,9-11,13,16,23H,7-8,12,14-15,17-18H2,1-2H3/t23-/m0/s1. The molecule has 0 bridgehead atoms. The summed E-state index contributed by atoms with van der Waals surface area (Å²) in [4.78, 5) is 21.4. The van der Waals surface area contributed by atoms with Crippen molar-refractivity contribution >= 4 is 5.91 Å². The van der Waals surface area contributed by atoms with Gasteiger partial charge in [-0.05, 0) is 38.4 Å². The molecule has 1 amide bonds. The molecule has 0 unspecified atom stereocenters. The molecule has 1 fully saturated rings. The Morgan fingerprint density at radius 3 is 2.73 bits per heavy atom. The highest BCUT2D eigenvalue weighted by atomic mass is 19.1. The second-order valence-corrected chi connectivity index (χ2v) is 8.52. The molecule has 6 nitrogen and oxygen atoms in total. The molecule has 3 aromatic rings. The summed E-state index contributed by atoms with van der Waals surface area (Å²) in [5.41, 5.74) is 1.60. The fourth-order valence-corrected chi connectivity index (χ4v) is 4.38. The Hall–Kier alpha value is -3.19. The molecular weight excluding hydrogens is 421 g/mol. The number of halogens is 1. The number of nitrogens with zero attached hydrogens (tertiary/aromatic N) is 3. The van der Waals surface area contributed by atoms with Crippen LogP contribution in [0.5, 0.6) is 5.75 Å². The van der Waals surface area contributed by atoms with E-state index in [1.165, 1.54) is 6.07 Å². The van der Waals surface area contributed by atoms with Gasteiger partial charge >= 0.3 is 0 Å². The molecule has 1 aliphatic rings. The Kier molecular flexibility index (Phi) is 7.40. The number of likely N-dealkylation sites (tertiary alicyclic amines) is 1. The van der Waals surface area contributed by atoms with Gasteiger partial charge in [-0.1, -0.05) is 36.4 Å². The summed E-state index contributed by atoms with van der Waals surface area (Å²) >= 11 is 0. The molecule has 4 rings (SSSR count). The van der Waals surface area contributed by atoms with E-state index >= 15 is 0 Å². The number of aromatic nitrogens is 1. The van der Waals surface area contributed by atoms with Crippen molar-refractivity contribution in [2.45, 2.75) is 38.3 Å². The molecule has 7 heteroatoms. The van der Waals surface area contributed by atoms with Crippen LogP contribution < -0.4 is 4.74 Å². The maximum absolute atomic E-state index is 14.0. The lowest BCUT2D eigenvalue weighted by molar-refractivity contribution is -0.136. The van der Waals surface area contributed by atoms with Gasteiger partial charge in [0.15, 0.2) is 0 Å². The zero-order valence-corrected chi connectivity index (χ0v) is 19.2. The molecule has 0 spiro atoms. The Morgan fingerprint density at radius 1 is 1.18 bits per heavy atom. The summed E-state index contributed by atoms with van der Waals surface area (Å²) in [6.07, 6.45) is 5.10. The van der Waals surface area contributed by atoms with Crippen LogP contribution in [-0.4, -0.2) is 47.9 Å². The van der Waals surface area contributed by atoms with Crippen LogP contribution in [-0.2, 0) is 17.8 Å². The van der Waals surface area contributed by atoms with Gasteiger partial charge in [-0.2, -0.15) is 0 Å². The number of methoxy groups -OCH3 is 1. The summed E-state index contributed by atoms with van der Waals surface area (Å²) in [6.45, 7) is 1.25. The van der Waals surface area contributed by atoms with Gasteiger partial charge in [-0.25, -0.2) is 9.37 Å². The van der Waals surface area contributed by atoms with Gasteiger partial charge < -0.3 is 14.1 Å². The van der Waals surface area contributed by atoms with Crippen molar-refractivity contribution in [2.24, 2.45) is 0 Å². The molecule has 2 aromatic carbocycles. The summed E-state index contributed by atoms with van der Waals surface area (Å²) in [6, 6.07) is 14.3. The summed E-state index contributed by atoms with van der Waals surface area (Å²) in [5, 5.41) is 0. The number of amides is 1. The second kappa shape index (κ2) is 10.6. The molecule has 0 radical (unpaired) electrons. The number of likely N-dealkylation sites (N-methyl/N-ethyl adjacent to an activating group) is 1. The van der Waals surface area contributed by atoms with Crippen molar-refractivity contribution in [3.05, 3.63) is 83.3 Å². The first kappa shape index (κ1) is 23.0. The SMILES string of the molecule is COc1ccccc1Cc1cnc([C@@H]2CCCCN2C(=O)CN(C)Cc2ccccc2F)o1. The molecule has 174 valence electrons. The molecule has 1 atom stereocenters. The highest BCUT2D eigenvalue weighted by molar-refractivity contribution is 5.78. The highest BCUT2D eigenvalue weighted by Gasteiger charge is 2.31. The smallest absolute Gasteiger partial charge is 0.237 e. The third-order valence-electron chi connectivity index (χ3n) is 6.04. The lowest BCUT2D eigenvalue weighted by Gasteiger charge is -2.35. The number of carbonyl (C=O) groups excluding carboxylic acids is 1. The van der Waals surface area contributed by atoms with Crippen LogP contribution >= 0.6 is 0 Å². The third-order valence-corrected chi connectivity index (χ3v) is 6.04. The Balaban J connectivity index is 1.43. The predicted octanol–water partition coefficient (Wildman–Crippen LogP) is 4.60. The van der Waals surface area contributed by atoms with Crippen molar-refractivity contribution in [3.63, 3.8) is 0 Å². The van der Waals surface area contributed by atoms with Crippen LogP contribution in [0.25, 0.3) is 0 Å². The van der Waals surface area contributed by atoms with Crippen LogP contribution in [0.3, 0.4) is 0 Å². The largest absolute Gasteiger partial charge is 0.496 e. The Bertz CT molecular complexity index is 1080. The van der Waals surface area contributed by atoms with Crippen LogP contribution in [0.4, 0.5) is 4.39 Å². The fourth-order valence-electron chi connectivity index (χ4n) is 4.38. The van der Waals surface area contributed by atoms with Crippen molar-refractivity contribution in [1.82, 2.24) is 14.8 Å². The minimum atomic E-state index is -0.255. The zero-order valence-electron chi connectivity index (χ0n) is 19.2. The van der Waals surface area contributed by atoms with Gasteiger partial charge in [0.25, 0.3) is 0 Å². The average molecular weight is 452 g/mol. The number of hydrogen-bond donors (Lipinski definition) is 0. The predicted molar refractivity (Wildman–Crippen MR) is 123 cm³/mol. The number of para-hydroxylation sites is 1. The third kappa shape index (κ3) is 5.60. The Labute approximate surface area is 194 Å². The molecular formula is C26H30FN3O3. The molecule has 2 heterocycles. The van der Waals surface area contributed by atoms with Crippen molar-refractivity contribution in [2.75, 3.05) is 27.2 Å². The molecule has 1 aromatic heterocycles. The van der Waals surface area contributed by atoms with E-state index in [0.29, 0.717) is 31.0 Å². The zero-order chi connectivity index (χ0) is 23.2. The van der Waals surface area contributed by atoms with Gasteiger partial charge in [0, 0.05) is 30.6 Å². The quantitative estimate of drug-likeness (QED) is 0.501. The van der Waals surface area contributed by atoms with Gasteiger partial charge in [0.1, 0.15) is 23.4 Å². The molecule has 33 heavy (non-hydrogen) atoms. The van der Waals surface area contributed by atoms with E-state index in [2.05, 4.69) is 4.98 Å². The molecule has 0 aliphatic carbocycles. The summed E-state index contributed by atoms with van der Waals surface area (Å²) in [7, 11) is 3.49. The fraction of sp³-hybridized carbons (Fsp3) is 0.385. The number of ether oxygens (including phenoxy) is 1. The van der Waals surface area contributed by atoms with E-state index in [4.69, 9.17) is 9.15 Å². The van der Waals surface area contributed by atoms with Crippen LogP contribution in [0.1, 0.15) is 48.1 Å². The van der Waals surface area contributed by atoms with Crippen molar-refractivity contribution in [3.8, 4) is 5.75 Å². The van der Waals surface area contributed by atoms with Crippen molar-refractivity contribution < 1.29 is 18.3 Å². The van der Waals surface area contributed by atoms with Crippen LogP contribution in [0.15, 0.2) is 59.1 Å². The van der Waals surface area contributed by atoms with E-state index in [0.717, 1.165) is 36.3 Å². The van der Waals surface area contributed by atoms with E-state index in [9.17, 15) is 9.18 Å². The van der Waals surface area contributed by atoms with Crippen LogP contribution in [0.2, 0.25) is 0 Å². The maximum atomic E-state index is 14.0. The topological polar surface area (TPSA) is 58.8 Å². The van der Waals surface area contributed by atoms with E-state index < -0.39 is 0 Å². The summed E-state index contributed by atoms with van der Waals surface area (Å²) in [5.74, 6) is 1.87. The molecule has 0 saturated carbocycles. The average Bonchev–Trinajstić information content (AvgIpc) is 3.29. The number of carbonyl (C=O) groups is 1. The van der Waals surface area contributed by atoms with Crippen LogP contribution in [0, 0.1) is 5.82 Å². The second-order valence-electron chi connectivity index (χ2n) is 8.52. The first-order valence-corrected chi connectivity index (χ1v) is 11.3. The number of hydrogen-bond acceptors (Lipinski definition) is 5. The van der Waals surface area contributed by atoms with Gasteiger partial charge in [0.2, 0.25) is 11.8 Å². The van der Waals surface area contributed by atoms with E-state index in [1.807, 2.05) is 41.1 Å². The lowest BCUT2D eigenvalue weighted by Crippen LogP contribution is -2.43. The van der Waals surface area contributed by atoms with Gasteiger partial charge in [-0.15, -0.1) is 0 Å². The first-order chi connectivity index (χ1) is 16.0. The minimum absolute atomic E-state index is 0.00279. The maximum Gasteiger partial charge on any atom is 0.237 e. The highest BCUT2D eigenvalue weighted by Crippen LogP contribution is 2.31. The normalized spacial score (nSPS) is 16.2.